The van der Waals surface area contributed by atoms with Crippen LogP contribution in [-0.4, -0.2) is 34.6 Å². The lowest BCUT2D eigenvalue weighted by atomic mass is 9.99. The van der Waals surface area contributed by atoms with Crippen LogP contribution >= 0.6 is 0 Å². The van der Waals surface area contributed by atoms with Crippen molar-refractivity contribution in [1.29, 1.82) is 5.26 Å². The van der Waals surface area contributed by atoms with Gasteiger partial charge in [-0.3, -0.25) is 19.6 Å². The SMILES string of the molecule is N#Cc1ccc(-c2ccc(CCNC(=O)C(CC(=O)O)CC(=O)NO)cc2)cc1. The minimum atomic E-state index is -1.20. The van der Waals surface area contributed by atoms with Gasteiger partial charge in [-0.25, -0.2) is 5.48 Å². The van der Waals surface area contributed by atoms with Gasteiger partial charge in [-0.15, -0.1) is 0 Å². The second kappa shape index (κ2) is 10.6. The molecule has 4 N–H and O–H groups in total. The summed E-state index contributed by atoms with van der Waals surface area (Å²) in [4.78, 5) is 34.3. The highest BCUT2D eigenvalue weighted by molar-refractivity contribution is 5.88. The summed E-state index contributed by atoms with van der Waals surface area (Å²) in [6.45, 7) is 0.284. The lowest BCUT2D eigenvalue weighted by molar-refractivity contribution is -0.142. The maximum Gasteiger partial charge on any atom is 0.304 e. The van der Waals surface area contributed by atoms with E-state index in [0.29, 0.717) is 12.0 Å². The Labute approximate surface area is 167 Å². The number of hydrogen-bond acceptors (Lipinski definition) is 5. The number of aliphatic carboxylic acids is 1. The fourth-order valence-corrected chi connectivity index (χ4v) is 2.81. The van der Waals surface area contributed by atoms with Crippen molar-refractivity contribution in [2.24, 2.45) is 5.92 Å². The smallest absolute Gasteiger partial charge is 0.304 e. The molecule has 8 heteroatoms. The van der Waals surface area contributed by atoms with E-state index < -0.39 is 36.5 Å². The third-order valence-electron chi connectivity index (χ3n) is 4.36. The number of nitriles is 1. The van der Waals surface area contributed by atoms with Crippen molar-refractivity contribution in [3.05, 3.63) is 59.7 Å². The van der Waals surface area contributed by atoms with Gasteiger partial charge < -0.3 is 10.4 Å². The van der Waals surface area contributed by atoms with Crippen LogP contribution in [0.25, 0.3) is 11.1 Å². The standard InChI is InChI=1S/C21H21N3O5/c22-13-15-3-7-17(8-4-15)16-5-1-14(2-6-16)9-10-23-21(28)18(12-20(26)27)11-19(25)24-29/h1-8,18,29H,9-12H2,(H,23,28)(H,24,25)(H,26,27). The maximum absolute atomic E-state index is 12.2. The summed E-state index contributed by atoms with van der Waals surface area (Å²) < 4.78 is 0. The fraction of sp³-hybridized carbons (Fsp3) is 0.238. The number of hydroxylamine groups is 1. The number of amides is 2. The Kier molecular flexibility index (Phi) is 7.88. The molecule has 0 bridgehead atoms. The summed E-state index contributed by atoms with van der Waals surface area (Å²) in [6.07, 6.45) is -0.377. The van der Waals surface area contributed by atoms with E-state index in [2.05, 4.69) is 11.4 Å². The summed E-state index contributed by atoms with van der Waals surface area (Å²) in [5.41, 5.74) is 4.96. The Morgan fingerprint density at radius 1 is 0.966 bits per heavy atom. The summed E-state index contributed by atoms with van der Waals surface area (Å²) in [5.74, 6) is -3.62. The van der Waals surface area contributed by atoms with E-state index in [9.17, 15) is 14.4 Å². The molecule has 0 fully saturated rings. The Morgan fingerprint density at radius 3 is 2.07 bits per heavy atom. The molecule has 0 spiro atoms. The zero-order valence-electron chi connectivity index (χ0n) is 15.6. The Morgan fingerprint density at radius 2 is 1.55 bits per heavy atom. The Bertz CT molecular complexity index is 901. The summed E-state index contributed by atoms with van der Waals surface area (Å²) in [6, 6.07) is 17.1. The molecule has 2 amide bonds. The van der Waals surface area contributed by atoms with Crippen LogP contribution in [-0.2, 0) is 20.8 Å². The van der Waals surface area contributed by atoms with Gasteiger partial charge in [-0.2, -0.15) is 5.26 Å². The van der Waals surface area contributed by atoms with Gasteiger partial charge in [-0.1, -0.05) is 36.4 Å². The Balaban J connectivity index is 1.90. The number of nitrogens with one attached hydrogen (secondary N) is 2. The number of benzene rings is 2. The van der Waals surface area contributed by atoms with E-state index in [1.54, 1.807) is 12.1 Å². The van der Waals surface area contributed by atoms with Crippen molar-refractivity contribution in [2.45, 2.75) is 19.3 Å². The maximum atomic E-state index is 12.2. The molecule has 0 aliphatic carbocycles. The molecule has 2 rings (SSSR count). The molecule has 2 aromatic rings. The first-order valence-electron chi connectivity index (χ1n) is 8.95. The highest BCUT2D eigenvalue weighted by atomic mass is 16.5. The van der Waals surface area contributed by atoms with Crippen molar-refractivity contribution < 1.29 is 24.7 Å². The summed E-state index contributed by atoms with van der Waals surface area (Å²) >= 11 is 0. The molecule has 1 unspecified atom stereocenters. The van der Waals surface area contributed by atoms with E-state index >= 15 is 0 Å². The molecule has 0 aromatic heterocycles. The zero-order valence-corrected chi connectivity index (χ0v) is 15.6. The number of rotatable bonds is 9. The largest absolute Gasteiger partial charge is 0.481 e. The molecule has 2 aromatic carbocycles. The van der Waals surface area contributed by atoms with Crippen LogP contribution in [0.3, 0.4) is 0 Å². The lowest BCUT2D eigenvalue weighted by Crippen LogP contribution is -2.36. The first-order valence-corrected chi connectivity index (χ1v) is 8.95. The molecule has 0 aliphatic rings. The van der Waals surface area contributed by atoms with Crippen LogP contribution < -0.4 is 10.8 Å². The second-order valence-electron chi connectivity index (χ2n) is 6.46. The molecule has 150 valence electrons. The lowest BCUT2D eigenvalue weighted by Gasteiger charge is -2.14. The van der Waals surface area contributed by atoms with Crippen molar-refractivity contribution in [3.63, 3.8) is 0 Å². The molecule has 29 heavy (non-hydrogen) atoms. The van der Waals surface area contributed by atoms with Crippen LogP contribution in [0.15, 0.2) is 48.5 Å². The monoisotopic (exact) mass is 395 g/mol. The van der Waals surface area contributed by atoms with E-state index in [0.717, 1.165) is 16.7 Å². The van der Waals surface area contributed by atoms with E-state index in [1.165, 1.54) is 5.48 Å². The Hall–Kier alpha value is -3.70. The molecular formula is C21H21N3O5. The van der Waals surface area contributed by atoms with E-state index in [-0.39, 0.29) is 6.54 Å². The molecule has 0 heterocycles. The predicted octanol–water partition coefficient (Wildman–Crippen LogP) is 1.87. The van der Waals surface area contributed by atoms with Crippen LogP contribution in [0.1, 0.15) is 24.0 Å². The van der Waals surface area contributed by atoms with Gasteiger partial charge in [0.2, 0.25) is 11.8 Å². The minimum absolute atomic E-state index is 0.284. The van der Waals surface area contributed by atoms with E-state index in [4.69, 9.17) is 15.6 Å². The fourth-order valence-electron chi connectivity index (χ4n) is 2.81. The zero-order chi connectivity index (χ0) is 21.2. The first-order chi connectivity index (χ1) is 13.9. The van der Waals surface area contributed by atoms with Gasteiger partial charge in [-0.05, 0) is 35.2 Å². The third-order valence-corrected chi connectivity index (χ3v) is 4.36. The van der Waals surface area contributed by atoms with Crippen LogP contribution in [0, 0.1) is 17.2 Å². The van der Waals surface area contributed by atoms with Crippen LogP contribution in [0.4, 0.5) is 0 Å². The average molecular weight is 395 g/mol. The molecule has 0 aliphatic heterocycles. The molecule has 8 nitrogen and oxygen atoms in total. The number of carbonyl (C=O) groups excluding carboxylic acids is 2. The number of carbonyl (C=O) groups is 3. The predicted molar refractivity (Wildman–Crippen MR) is 104 cm³/mol. The van der Waals surface area contributed by atoms with Gasteiger partial charge in [0.05, 0.1) is 24.0 Å². The third kappa shape index (κ3) is 6.75. The average Bonchev–Trinajstić information content (AvgIpc) is 2.73. The topological polar surface area (TPSA) is 140 Å². The second-order valence-corrected chi connectivity index (χ2v) is 6.46. The molecule has 1 atom stereocenters. The molecule has 0 saturated carbocycles. The number of carboxylic acid groups (broad SMARTS) is 1. The van der Waals surface area contributed by atoms with Gasteiger partial charge in [0, 0.05) is 13.0 Å². The van der Waals surface area contributed by atoms with Crippen LogP contribution in [0.2, 0.25) is 0 Å². The molecule has 0 saturated heterocycles. The van der Waals surface area contributed by atoms with E-state index in [1.807, 2.05) is 36.4 Å². The van der Waals surface area contributed by atoms with Gasteiger partial charge in [0.15, 0.2) is 0 Å². The van der Waals surface area contributed by atoms with Crippen molar-refractivity contribution in [1.82, 2.24) is 10.8 Å². The first kappa shape index (κ1) is 21.6. The quantitative estimate of drug-likeness (QED) is 0.377. The normalized spacial score (nSPS) is 11.2. The number of nitrogens with zero attached hydrogens (tertiary/aromatic N) is 1. The summed E-state index contributed by atoms with van der Waals surface area (Å²) in [5, 5.41) is 28.9. The van der Waals surface area contributed by atoms with Crippen molar-refractivity contribution >= 4 is 17.8 Å². The minimum Gasteiger partial charge on any atom is -0.481 e. The highest BCUT2D eigenvalue weighted by Gasteiger charge is 2.24. The van der Waals surface area contributed by atoms with Crippen molar-refractivity contribution in [2.75, 3.05) is 6.54 Å². The van der Waals surface area contributed by atoms with Crippen LogP contribution in [0.5, 0.6) is 0 Å². The highest BCUT2D eigenvalue weighted by Crippen LogP contribution is 2.20. The summed E-state index contributed by atoms with van der Waals surface area (Å²) in [7, 11) is 0. The van der Waals surface area contributed by atoms with Crippen molar-refractivity contribution in [3.8, 4) is 17.2 Å². The number of hydrogen-bond donors (Lipinski definition) is 4. The van der Waals surface area contributed by atoms with Gasteiger partial charge in [0.25, 0.3) is 0 Å². The van der Waals surface area contributed by atoms with Gasteiger partial charge >= 0.3 is 5.97 Å². The molecule has 0 radical (unpaired) electrons. The molecular weight excluding hydrogens is 374 g/mol. The number of carboxylic acids is 1. The van der Waals surface area contributed by atoms with Gasteiger partial charge in [0.1, 0.15) is 0 Å².